The summed E-state index contributed by atoms with van der Waals surface area (Å²) in [5.74, 6) is -1.27. The molecule has 1 N–H and O–H groups in total. The molecule has 33 heavy (non-hydrogen) atoms. The van der Waals surface area contributed by atoms with Gasteiger partial charge >= 0.3 is 0 Å². The van der Waals surface area contributed by atoms with Crippen molar-refractivity contribution in [3.05, 3.63) is 62.1 Å². The zero-order chi connectivity index (χ0) is 23.9. The number of aliphatic hydroxyl groups is 1. The van der Waals surface area contributed by atoms with E-state index in [4.69, 9.17) is 23.2 Å². The number of alkyl halides is 2. The number of carbonyl (C=O) groups excluding carboxylic acids is 2. The highest BCUT2D eigenvalue weighted by molar-refractivity contribution is 6.40. The third kappa shape index (κ3) is 4.98. The Morgan fingerprint density at radius 3 is 2.64 bits per heavy atom. The maximum atomic E-state index is 13.4. The van der Waals surface area contributed by atoms with E-state index in [0.717, 1.165) is 12.8 Å². The van der Waals surface area contributed by atoms with Crippen LogP contribution < -0.4 is 0 Å². The number of aromatic nitrogens is 2. The first kappa shape index (κ1) is 23.9. The smallest absolute Gasteiger partial charge is 0.282 e. The summed E-state index contributed by atoms with van der Waals surface area (Å²) in [6.45, 7) is 0.466. The number of nitrogens with zero attached hydrogens (tertiary/aromatic N) is 3. The van der Waals surface area contributed by atoms with Gasteiger partial charge in [0.2, 0.25) is 5.78 Å². The Labute approximate surface area is 199 Å². The first-order valence-electron chi connectivity index (χ1n) is 10.7. The molecule has 1 saturated carbocycles. The SMILES string of the molecule is Cn1cc(CN(Cc2c(Cl)ccc(C(=O)C3=C(O)CCCC3=O)c2Cl)C2CC2)c(C(F)F)n1. The van der Waals surface area contributed by atoms with E-state index in [0.29, 0.717) is 22.6 Å². The molecule has 2 aromatic rings. The van der Waals surface area contributed by atoms with Crippen LogP contribution in [-0.2, 0) is 24.9 Å². The average molecular weight is 498 g/mol. The second-order valence-corrected chi connectivity index (χ2v) is 9.25. The first-order valence-corrected chi connectivity index (χ1v) is 11.4. The van der Waals surface area contributed by atoms with E-state index >= 15 is 0 Å². The Bertz CT molecular complexity index is 1140. The van der Waals surface area contributed by atoms with E-state index in [-0.39, 0.29) is 59.6 Å². The van der Waals surface area contributed by atoms with Gasteiger partial charge in [0.15, 0.2) is 5.78 Å². The number of carbonyl (C=O) groups is 2. The second-order valence-electron chi connectivity index (χ2n) is 8.47. The minimum Gasteiger partial charge on any atom is -0.511 e. The maximum Gasteiger partial charge on any atom is 0.282 e. The van der Waals surface area contributed by atoms with E-state index in [9.17, 15) is 23.5 Å². The van der Waals surface area contributed by atoms with Gasteiger partial charge in [0.1, 0.15) is 17.0 Å². The molecule has 0 amide bonds. The Balaban J connectivity index is 1.65. The molecule has 10 heteroatoms. The summed E-state index contributed by atoms with van der Waals surface area (Å²) in [4.78, 5) is 27.3. The van der Waals surface area contributed by atoms with Crippen LogP contribution in [0.15, 0.2) is 29.7 Å². The number of halogens is 4. The van der Waals surface area contributed by atoms with Crippen LogP contribution in [0.4, 0.5) is 8.78 Å². The zero-order valence-electron chi connectivity index (χ0n) is 18.0. The normalized spacial score (nSPS) is 16.9. The van der Waals surface area contributed by atoms with Crippen LogP contribution in [0.1, 0.15) is 65.7 Å². The molecule has 0 aliphatic heterocycles. The van der Waals surface area contributed by atoms with Gasteiger partial charge in [-0.3, -0.25) is 19.2 Å². The molecule has 176 valence electrons. The summed E-state index contributed by atoms with van der Waals surface area (Å²) >= 11 is 13.0. The Morgan fingerprint density at radius 1 is 1.27 bits per heavy atom. The van der Waals surface area contributed by atoms with Crippen molar-refractivity contribution in [1.82, 2.24) is 14.7 Å². The number of allylic oxidation sites excluding steroid dienone is 2. The van der Waals surface area contributed by atoms with Crippen molar-refractivity contribution in [2.24, 2.45) is 7.05 Å². The fraction of sp³-hybridized carbons (Fsp3) is 0.435. The van der Waals surface area contributed by atoms with Crippen LogP contribution in [0, 0.1) is 0 Å². The lowest BCUT2D eigenvalue weighted by atomic mass is 9.90. The van der Waals surface area contributed by atoms with Crippen molar-refractivity contribution in [1.29, 1.82) is 0 Å². The maximum absolute atomic E-state index is 13.4. The van der Waals surface area contributed by atoms with Crippen molar-refractivity contribution in [2.45, 2.75) is 57.7 Å². The zero-order valence-corrected chi connectivity index (χ0v) is 19.5. The van der Waals surface area contributed by atoms with Gasteiger partial charge in [0.05, 0.1) is 5.02 Å². The van der Waals surface area contributed by atoms with Gasteiger partial charge in [-0.15, -0.1) is 0 Å². The predicted molar refractivity (Wildman–Crippen MR) is 120 cm³/mol. The molecule has 2 aliphatic carbocycles. The van der Waals surface area contributed by atoms with Crippen molar-refractivity contribution < 1.29 is 23.5 Å². The molecule has 1 fully saturated rings. The number of benzene rings is 1. The number of aryl methyl sites for hydroxylation is 1. The Kier molecular flexibility index (Phi) is 6.88. The summed E-state index contributed by atoms with van der Waals surface area (Å²) in [7, 11) is 1.59. The Morgan fingerprint density at radius 2 is 2.00 bits per heavy atom. The van der Waals surface area contributed by atoms with Crippen LogP contribution in [0.25, 0.3) is 0 Å². The first-order chi connectivity index (χ1) is 15.7. The van der Waals surface area contributed by atoms with Gasteiger partial charge < -0.3 is 5.11 Å². The quantitative estimate of drug-likeness (QED) is 0.380. The topological polar surface area (TPSA) is 75.4 Å². The standard InChI is InChI=1S/C23H23Cl2F2N3O3/c1-29-9-12(21(28-29)23(26)27)10-30(13-5-6-13)11-15-16(24)8-7-14(20(15)25)22(33)19-17(31)3-2-4-18(19)32/h7-9,13,23,31H,2-6,10-11H2,1H3. The van der Waals surface area contributed by atoms with E-state index in [1.165, 1.54) is 16.8 Å². The number of hydrogen-bond acceptors (Lipinski definition) is 5. The minimum atomic E-state index is -2.69. The van der Waals surface area contributed by atoms with E-state index < -0.39 is 18.0 Å². The number of Topliss-reactive ketones (excluding diaryl/α,β-unsaturated/α-hetero) is 2. The minimum absolute atomic E-state index is 0.0817. The van der Waals surface area contributed by atoms with Crippen molar-refractivity contribution in [3.63, 3.8) is 0 Å². The third-order valence-corrected chi connectivity index (χ3v) is 6.77. The van der Waals surface area contributed by atoms with Crippen LogP contribution in [0.2, 0.25) is 10.0 Å². The highest BCUT2D eigenvalue weighted by atomic mass is 35.5. The number of aliphatic hydroxyl groups excluding tert-OH is 1. The summed E-state index contributed by atoms with van der Waals surface area (Å²) < 4.78 is 28.2. The van der Waals surface area contributed by atoms with Crippen LogP contribution in [0.3, 0.4) is 0 Å². The molecule has 2 aliphatic rings. The van der Waals surface area contributed by atoms with E-state index in [1.54, 1.807) is 13.2 Å². The summed E-state index contributed by atoms with van der Waals surface area (Å²) in [6.07, 6.45) is 1.65. The average Bonchev–Trinajstić information content (AvgIpc) is 3.52. The summed E-state index contributed by atoms with van der Waals surface area (Å²) in [5.41, 5.74) is 0.483. The largest absolute Gasteiger partial charge is 0.511 e. The van der Waals surface area contributed by atoms with Gasteiger partial charge in [-0.1, -0.05) is 23.2 Å². The highest BCUT2D eigenvalue weighted by Crippen LogP contribution is 2.37. The van der Waals surface area contributed by atoms with Crippen LogP contribution in [-0.4, -0.2) is 37.4 Å². The van der Waals surface area contributed by atoms with Gasteiger partial charge in [-0.2, -0.15) is 5.10 Å². The lowest BCUT2D eigenvalue weighted by Crippen LogP contribution is -2.26. The molecule has 0 bridgehead atoms. The van der Waals surface area contributed by atoms with E-state index in [1.807, 2.05) is 4.90 Å². The molecule has 4 rings (SSSR count). The summed E-state index contributed by atoms with van der Waals surface area (Å²) in [5, 5.41) is 14.4. The van der Waals surface area contributed by atoms with Gasteiger partial charge in [-0.05, 0) is 31.4 Å². The molecule has 0 saturated heterocycles. The fourth-order valence-electron chi connectivity index (χ4n) is 4.17. The lowest BCUT2D eigenvalue weighted by molar-refractivity contribution is -0.116. The molecular weight excluding hydrogens is 475 g/mol. The van der Waals surface area contributed by atoms with Gasteiger partial charge in [0.25, 0.3) is 6.43 Å². The monoisotopic (exact) mass is 497 g/mol. The fourth-order valence-corrected chi connectivity index (χ4v) is 4.75. The highest BCUT2D eigenvalue weighted by Gasteiger charge is 2.33. The molecule has 0 radical (unpaired) electrons. The molecule has 1 heterocycles. The lowest BCUT2D eigenvalue weighted by Gasteiger charge is -2.24. The third-order valence-electron chi connectivity index (χ3n) is 5.98. The molecule has 0 unspecified atom stereocenters. The van der Waals surface area contributed by atoms with Crippen molar-refractivity contribution >= 4 is 34.8 Å². The van der Waals surface area contributed by atoms with Crippen molar-refractivity contribution in [3.8, 4) is 0 Å². The van der Waals surface area contributed by atoms with Crippen LogP contribution in [0.5, 0.6) is 0 Å². The number of hydrogen-bond donors (Lipinski definition) is 1. The van der Waals surface area contributed by atoms with Crippen LogP contribution >= 0.6 is 23.2 Å². The second kappa shape index (κ2) is 9.52. The molecule has 0 spiro atoms. The van der Waals surface area contributed by atoms with E-state index in [2.05, 4.69) is 5.10 Å². The number of rotatable bonds is 8. The molecule has 6 nitrogen and oxygen atoms in total. The van der Waals surface area contributed by atoms with Gasteiger partial charge in [0, 0.05) is 66.9 Å². The predicted octanol–water partition coefficient (Wildman–Crippen LogP) is 5.58. The Hall–Kier alpha value is -2.29. The molecule has 0 atom stereocenters. The van der Waals surface area contributed by atoms with Crippen molar-refractivity contribution in [2.75, 3.05) is 0 Å². The molecule has 1 aromatic carbocycles. The summed E-state index contributed by atoms with van der Waals surface area (Å²) in [6, 6.07) is 3.14. The molecular formula is C23H23Cl2F2N3O3. The van der Waals surface area contributed by atoms with Gasteiger partial charge in [-0.25, -0.2) is 8.78 Å². The molecule has 1 aromatic heterocycles. The number of ketones is 2.